The lowest BCUT2D eigenvalue weighted by molar-refractivity contribution is -0.129. The number of ether oxygens (including phenoxy) is 2. The van der Waals surface area contributed by atoms with E-state index in [1.165, 1.54) is 0 Å². The Morgan fingerprint density at radius 2 is 2.08 bits per heavy atom. The second-order valence-corrected chi connectivity index (χ2v) is 6.46. The minimum Gasteiger partial charge on any atom is -0.497 e. The number of methoxy groups -OCH3 is 1. The van der Waals surface area contributed by atoms with Crippen LogP contribution in [0.25, 0.3) is 6.08 Å². The van der Waals surface area contributed by atoms with Crippen molar-refractivity contribution in [2.45, 2.75) is 26.3 Å². The molecular formula is C18H19N3O3. The summed E-state index contributed by atoms with van der Waals surface area (Å²) < 4.78 is 12.3. The molecule has 24 heavy (non-hydrogen) atoms. The molecule has 0 radical (unpaired) electrons. The molecule has 2 aromatic rings. The van der Waals surface area contributed by atoms with E-state index in [2.05, 4.69) is 30.9 Å². The number of nitrogens with zero attached hydrogens (tertiary/aromatic N) is 3. The molecule has 2 heterocycles. The van der Waals surface area contributed by atoms with E-state index in [0.29, 0.717) is 11.3 Å². The van der Waals surface area contributed by atoms with Crippen LogP contribution in [-0.2, 0) is 15.1 Å². The summed E-state index contributed by atoms with van der Waals surface area (Å²) in [5.74, 6) is 0.472. The molecule has 0 saturated heterocycles. The van der Waals surface area contributed by atoms with Crippen LogP contribution >= 0.6 is 0 Å². The number of aliphatic imine (C=N–C) groups is 1. The molecule has 1 aliphatic rings. The molecule has 1 aromatic carbocycles. The van der Waals surface area contributed by atoms with E-state index < -0.39 is 5.97 Å². The quantitative estimate of drug-likeness (QED) is 0.643. The summed E-state index contributed by atoms with van der Waals surface area (Å²) in [6, 6.07) is 7.22. The van der Waals surface area contributed by atoms with Crippen LogP contribution in [0.4, 0.5) is 0 Å². The number of aromatic nitrogens is 2. The van der Waals surface area contributed by atoms with Gasteiger partial charge in [0.1, 0.15) is 5.75 Å². The molecule has 6 nitrogen and oxygen atoms in total. The van der Waals surface area contributed by atoms with Gasteiger partial charge in [0.2, 0.25) is 5.90 Å². The van der Waals surface area contributed by atoms with Crippen LogP contribution in [-0.4, -0.2) is 28.8 Å². The number of cyclic esters (lactones) is 1. The second-order valence-electron chi connectivity index (χ2n) is 6.46. The maximum atomic E-state index is 12.1. The molecule has 3 rings (SSSR count). The van der Waals surface area contributed by atoms with E-state index in [9.17, 15) is 4.79 Å². The summed E-state index contributed by atoms with van der Waals surface area (Å²) in [6.07, 6.45) is 5.24. The smallest absolute Gasteiger partial charge is 0.363 e. The van der Waals surface area contributed by atoms with E-state index in [-0.39, 0.29) is 17.1 Å². The maximum absolute atomic E-state index is 12.1. The molecule has 124 valence electrons. The summed E-state index contributed by atoms with van der Waals surface area (Å²) in [7, 11) is 1.58. The van der Waals surface area contributed by atoms with Gasteiger partial charge in [-0.3, -0.25) is 4.68 Å². The highest BCUT2D eigenvalue weighted by atomic mass is 16.6. The Hall–Kier alpha value is -2.89. The predicted molar refractivity (Wildman–Crippen MR) is 90.8 cm³/mol. The van der Waals surface area contributed by atoms with E-state index in [0.717, 1.165) is 5.56 Å². The van der Waals surface area contributed by atoms with Gasteiger partial charge < -0.3 is 9.47 Å². The molecule has 0 aliphatic carbocycles. The molecule has 0 bridgehead atoms. The summed E-state index contributed by atoms with van der Waals surface area (Å²) >= 11 is 0. The average molecular weight is 325 g/mol. The van der Waals surface area contributed by atoms with Crippen molar-refractivity contribution in [2.75, 3.05) is 7.11 Å². The minimum atomic E-state index is -0.476. The first-order valence-electron chi connectivity index (χ1n) is 7.59. The Labute approximate surface area is 140 Å². The van der Waals surface area contributed by atoms with Crippen molar-refractivity contribution in [3.05, 3.63) is 53.5 Å². The first-order chi connectivity index (χ1) is 11.4. The zero-order valence-corrected chi connectivity index (χ0v) is 14.1. The van der Waals surface area contributed by atoms with Gasteiger partial charge in [-0.05, 0) is 45.0 Å². The summed E-state index contributed by atoms with van der Waals surface area (Å²) in [4.78, 5) is 16.4. The van der Waals surface area contributed by atoms with E-state index >= 15 is 0 Å². The normalized spacial score (nSPS) is 16.2. The van der Waals surface area contributed by atoms with E-state index in [1.54, 1.807) is 25.4 Å². The fourth-order valence-corrected chi connectivity index (χ4v) is 2.22. The number of carbonyl (C=O) groups is 1. The summed E-state index contributed by atoms with van der Waals surface area (Å²) in [6.45, 7) is 6.17. The number of benzene rings is 1. The van der Waals surface area contributed by atoms with Gasteiger partial charge in [0, 0.05) is 17.3 Å². The first-order valence-corrected chi connectivity index (χ1v) is 7.59. The number of esters is 1. The lowest BCUT2D eigenvalue weighted by Gasteiger charge is -2.18. The van der Waals surface area contributed by atoms with Crippen LogP contribution in [0.1, 0.15) is 31.9 Å². The molecule has 0 unspecified atom stereocenters. The Morgan fingerprint density at radius 1 is 1.29 bits per heavy atom. The predicted octanol–water partition coefficient (Wildman–Crippen LogP) is 2.99. The highest BCUT2D eigenvalue weighted by molar-refractivity contribution is 6.12. The number of carbonyl (C=O) groups excluding carboxylic acids is 1. The lowest BCUT2D eigenvalue weighted by atomic mass is 10.1. The molecule has 0 N–H and O–H groups in total. The van der Waals surface area contributed by atoms with Gasteiger partial charge in [0.15, 0.2) is 5.70 Å². The van der Waals surface area contributed by atoms with Crippen molar-refractivity contribution in [3.8, 4) is 5.75 Å². The van der Waals surface area contributed by atoms with Crippen molar-refractivity contribution in [1.29, 1.82) is 0 Å². The molecular weight excluding hydrogens is 306 g/mol. The molecule has 0 saturated carbocycles. The minimum absolute atomic E-state index is 0.123. The molecule has 1 aliphatic heterocycles. The van der Waals surface area contributed by atoms with Crippen LogP contribution in [0.3, 0.4) is 0 Å². The van der Waals surface area contributed by atoms with Crippen LogP contribution in [0.2, 0.25) is 0 Å². The van der Waals surface area contributed by atoms with E-state index in [4.69, 9.17) is 9.47 Å². The van der Waals surface area contributed by atoms with Crippen molar-refractivity contribution in [2.24, 2.45) is 4.99 Å². The second kappa shape index (κ2) is 5.96. The monoisotopic (exact) mass is 325 g/mol. The van der Waals surface area contributed by atoms with Gasteiger partial charge in [0.05, 0.1) is 18.8 Å². The van der Waals surface area contributed by atoms with Gasteiger partial charge >= 0.3 is 5.97 Å². The molecule has 6 heteroatoms. The highest BCUT2D eigenvalue weighted by Gasteiger charge is 2.24. The largest absolute Gasteiger partial charge is 0.497 e. The van der Waals surface area contributed by atoms with Crippen LogP contribution in [0.5, 0.6) is 5.75 Å². The first kappa shape index (κ1) is 16.0. The Balaban J connectivity index is 1.90. The standard InChI is InChI=1S/C18H19N3O3/c1-18(2,3)21-11-12(10-19-21)8-15-17(22)24-16(20-15)13-6-5-7-14(9-13)23-4/h5-11H,1-4H3. The zero-order valence-electron chi connectivity index (χ0n) is 14.1. The molecule has 0 amide bonds. The summed E-state index contributed by atoms with van der Waals surface area (Å²) in [5.41, 5.74) is 1.62. The van der Waals surface area contributed by atoms with Gasteiger partial charge in [0.25, 0.3) is 0 Å². The topological polar surface area (TPSA) is 65.7 Å². The van der Waals surface area contributed by atoms with Crippen molar-refractivity contribution < 1.29 is 14.3 Å². The number of rotatable bonds is 3. The highest BCUT2D eigenvalue weighted by Crippen LogP contribution is 2.22. The molecule has 0 atom stereocenters. The fraction of sp³-hybridized carbons (Fsp3) is 0.278. The van der Waals surface area contributed by atoms with Crippen LogP contribution in [0.15, 0.2) is 47.3 Å². The van der Waals surface area contributed by atoms with E-state index in [1.807, 2.05) is 29.1 Å². The Morgan fingerprint density at radius 3 is 2.75 bits per heavy atom. The third kappa shape index (κ3) is 3.22. The van der Waals surface area contributed by atoms with Crippen molar-refractivity contribution in [1.82, 2.24) is 9.78 Å². The van der Waals surface area contributed by atoms with Crippen molar-refractivity contribution >= 4 is 17.9 Å². The van der Waals surface area contributed by atoms with Crippen LogP contribution in [0, 0.1) is 0 Å². The van der Waals surface area contributed by atoms with Gasteiger partial charge in [-0.15, -0.1) is 0 Å². The van der Waals surface area contributed by atoms with Crippen LogP contribution < -0.4 is 4.74 Å². The number of hydrogen-bond donors (Lipinski definition) is 0. The van der Waals surface area contributed by atoms with Gasteiger partial charge in [-0.25, -0.2) is 9.79 Å². The SMILES string of the molecule is COc1cccc(C2=NC(=Cc3cnn(C(C)(C)C)c3)C(=O)O2)c1. The van der Waals surface area contributed by atoms with Gasteiger partial charge in [-0.1, -0.05) is 6.07 Å². The Bertz CT molecular complexity index is 841. The average Bonchev–Trinajstić information content (AvgIpc) is 3.15. The lowest BCUT2D eigenvalue weighted by Crippen LogP contribution is -2.21. The molecule has 0 spiro atoms. The third-order valence-corrected chi connectivity index (χ3v) is 3.53. The molecule has 0 fully saturated rings. The number of hydrogen-bond acceptors (Lipinski definition) is 5. The fourth-order valence-electron chi connectivity index (χ4n) is 2.22. The van der Waals surface area contributed by atoms with Crippen molar-refractivity contribution in [3.63, 3.8) is 0 Å². The Kier molecular flexibility index (Phi) is 3.97. The maximum Gasteiger partial charge on any atom is 0.363 e. The summed E-state index contributed by atoms with van der Waals surface area (Å²) in [5, 5.41) is 4.31. The third-order valence-electron chi connectivity index (χ3n) is 3.53. The zero-order chi connectivity index (χ0) is 17.3. The molecule has 1 aromatic heterocycles. The van der Waals surface area contributed by atoms with Gasteiger partial charge in [-0.2, -0.15) is 5.10 Å².